The molecule has 0 spiro atoms. The van der Waals surface area contributed by atoms with E-state index in [1.165, 1.54) is 0 Å². The minimum Gasteiger partial charge on any atom is -0.177 e. The Labute approximate surface area is 60.3 Å². The number of hydrogen-bond acceptors (Lipinski definition) is 3. The van der Waals surface area contributed by atoms with Gasteiger partial charge in [0.05, 0.1) is 0 Å². The molecular weight excluding hydrogens is 128 g/mol. The van der Waals surface area contributed by atoms with Crippen molar-refractivity contribution in [3.8, 4) is 0 Å². The lowest BCUT2D eigenvalue weighted by Gasteiger charge is -1.69. The molecule has 1 N–H and O–H groups in total. The Morgan fingerprint density at radius 2 is 2.10 bits per heavy atom. The van der Waals surface area contributed by atoms with Gasteiger partial charge in [-0.05, 0) is 18.2 Å². The Kier molecular flexibility index (Phi) is 5.23. The average Bonchev–Trinajstić information content (AvgIpc) is 2.46. The molecule has 0 aliphatic rings. The summed E-state index contributed by atoms with van der Waals surface area (Å²) in [5, 5.41) is 13.0. The normalized spacial score (nSPS) is 9.10. The number of allylic oxidation sites excluding steroid dienone is 1. The second-order valence-electron chi connectivity index (χ2n) is 1.27. The first-order valence-corrected chi connectivity index (χ1v) is 3.29. The summed E-state index contributed by atoms with van der Waals surface area (Å²) in [6.45, 7) is 5.90. The Hall–Kier alpha value is -1.19. The Morgan fingerprint density at radius 1 is 1.40 bits per heavy atom. The van der Waals surface area contributed by atoms with Crippen LogP contribution >= 0.6 is 0 Å². The van der Waals surface area contributed by atoms with Crippen molar-refractivity contribution in [3.63, 3.8) is 0 Å². The van der Waals surface area contributed by atoms with Crippen LogP contribution in [0.15, 0.2) is 6.08 Å². The van der Waals surface area contributed by atoms with Crippen LogP contribution in [0.5, 0.6) is 0 Å². The molecule has 56 valence electrons. The van der Waals surface area contributed by atoms with Crippen LogP contribution < -0.4 is 0 Å². The van der Waals surface area contributed by atoms with E-state index in [0.29, 0.717) is 5.82 Å². The van der Waals surface area contributed by atoms with Gasteiger partial charge >= 0.3 is 0 Å². The molecule has 1 aromatic rings. The zero-order chi connectivity index (χ0) is 7.82. The second-order valence-corrected chi connectivity index (χ2v) is 1.27. The van der Waals surface area contributed by atoms with Gasteiger partial charge in [0.25, 0.3) is 0 Å². The van der Waals surface area contributed by atoms with E-state index in [2.05, 4.69) is 20.6 Å². The quantitative estimate of drug-likeness (QED) is 0.638. The van der Waals surface area contributed by atoms with Crippen molar-refractivity contribution < 1.29 is 0 Å². The van der Waals surface area contributed by atoms with Gasteiger partial charge in [0.15, 0.2) is 5.82 Å². The Balaban J connectivity index is 0.000000371. The van der Waals surface area contributed by atoms with E-state index in [0.717, 1.165) is 0 Å². The van der Waals surface area contributed by atoms with Gasteiger partial charge in [-0.15, -0.1) is 10.2 Å². The Morgan fingerprint density at radius 3 is 2.50 bits per heavy atom. The van der Waals surface area contributed by atoms with E-state index in [4.69, 9.17) is 0 Å². The van der Waals surface area contributed by atoms with E-state index >= 15 is 0 Å². The molecular formula is C6H12N4. The van der Waals surface area contributed by atoms with Gasteiger partial charge < -0.3 is 0 Å². The van der Waals surface area contributed by atoms with Crippen LogP contribution in [-0.4, -0.2) is 20.6 Å². The minimum absolute atomic E-state index is 0.618. The highest BCUT2D eigenvalue weighted by atomic mass is 15.5. The molecule has 4 nitrogen and oxygen atoms in total. The summed E-state index contributed by atoms with van der Waals surface area (Å²) in [7, 11) is 0. The topological polar surface area (TPSA) is 54.5 Å². The van der Waals surface area contributed by atoms with Gasteiger partial charge in [0.1, 0.15) is 0 Å². The largest absolute Gasteiger partial charge is 0.197 e. The van der Waals surface area contributed by atoms with Crippen LogP contribution in [0.25, 0.3) is 6.08 Å². The highest BCUT2D eigenvalue weighted by Crippen LogP contribution is 1.84. The lowest BCUT2D eigenvalue weighted by Crippen LogP contribution is -1.71. The predicted octanol–water partition coefficient (Wildman–Crippen LogP) is 1.26. The first-order valence-electron chi connectivity index (χ1n) is 3.29. The van der Waals surface area contributed by atoms with Crippen molar-refractivity contribution in [1.29, 1.82) is 0 Å². The van der Waals surface area contributed by atoms with E-state index < -0.39 is 0 Å². The highest BCUT2D eigenvalue weighted by Gasteiger charge is 1.84. The third-order valence-corrected chi connectivity index (χ3v) is 0.677. The molecule has 0 saturated carbocycles. The molecule has 0 radical (unpaired) electrons. The van der Waals surface area contributed by atoms with Crippen LogP contribution in [0.2, 0.25) is 0 Å². The minimum atomic E-state index is 0.618. The Bertz CT molecular complexity index is 166. The van der Waals surface area contributed by atoms with Crippen LogP contribution in [0.4, 0.5) is 0 Å². The lowest BCUT2D eigenvalue weighted by molar-refractivity contribution is 0.881. The molecule has 0 aromatic carbocycles. The van der Waals surface area contributed by atoms with Gasteiger partial charge in [0.2, 0.25) is 0 Å². The van der Waals surface area contributed by atoms with Crippen molar-refractivity contribution in [2.24, 2.45) is 0 Å². The fourth-order valence-corrected chi connectivity index (χ4v) is 0.389. The lowest BCUT2D eigenvalue weighted by atomic mass is 10.5. The summed E-state index contributed by atoms with van der Waals surface area (Å²) < 4.78 is 0. The van der Waals surface area contributed by atoms with Gasteiger partial charge in [-0.1, -0.05) is 19.9 Å². The van der Waals surface area contributed by atoms with E-state index in [1.54, 1.807) is 6.08 Å². The fourth-order valence-electron chi connectivity index (χ4n) is 0.389. The molecule has 0 unspecified atom stereocenters. The number of H-pyrrole nitrogens is 1. The zero-order valence-corrected chi connectivity index (χ0v) is 6.50. The van der Waals surface area contributed by atoms with Crippen LogP contribution in [-0.2, 0) is 0 Å². The van der Waals surface area contributed by atoms with E-state index in [9.17, 15) is 0 Å². The van der Waals surface area contributed by atoms with Crippen LogP contribution in [0.3, 0.4) is 0 Å². The summed E-state index contributed by atoms with van der Waals surface area (Å²) in [5.74, 6) is 0.618. The fraction of sp³-hybridized carbons (Fsp3) is 0.500. The smallest absolute Gasteiger partial charge is 0.177 e. The van der Waals surface area contributed by atoms with Crippen molar-refractivity contribution >= 4 is 6.08 Å². The molecule has 0 atom stereocenters. The standard InChI is InChI=1S/C4H6N4.C2H6/c1-2-3-4-5-7-8-6-4;1-2/h2-3H,1H3,(H,5,6,7,8);1-2H3/b3-2+;. The SMILES string of the molecule is C/C=C/c1nn[nH]n1.CC. The maximum Gasteiger partial charge on any atom is 0.197 e. The monoisotopic (exact) mass is 140 g/mol. The van der Waals surface area contributed by atoms with Crippen LogP contribution in [0, 0.1) is 0 Å². The molecule has 0 bridgehead atoms. The molecule has 4 heteroatoms. The average molecular weight is 140 g/mol. The predicted molar refractivity (Wildman–Crippen MR) is 40.2 cm³/mol. The van der Waals surface area contributed by atoms with Crippen LogP contribution in [0.1, 0.15) is 26.6 Å². The number of hydrogen-bond donors (Lipinski definition) is 1. The molecule has 0 saturated heterocycles. The second kappa shape index (κ2) is 5.94. The number of nitrogens with zero attached hydrogens (tertiary/aromatic N) is 3. The van der Waals surface area contributed by atoms with Gasteiger partial charge in [-0.2, -0.15) is 5.21 Å². The van der Waals surface area contributed by atoms with Crippen molar-refractivity contribution in [2.75, 3.05) is 0 Å². The van der Waals surface area contributed by atoms with Gasteiger partial charge in [-0.25, -0.2) is 0 Å². The molecule has 10 heavy (non-hydrogen) atoms. The van der Waals surface area contributed by atoms with E-state index in [-0.39, 0.29) is 0 Å². The molecule has 1 heterocycles. The molecule has 1 rings (SSSR count). The molecule has 1 aromatic heterocycles. The summed E-state index contributed by atoms with van der Waals surface area (Å²) in [6.07, 6.45) is 3.62. The first-order chi connectivity index (χ1) is 4.93. The van der Waals surface area contributed by atoms with Crippen molar-refractivity contribution in [2.45, 2.75) is 20.8 Å². The third-order valence-electron chi connectivity index (χ3n) is 0.677. The van der Waals surface area contributed by atoms with Gasteiger partial charge in [0, 0.05) is 0 Å². The molecule has 0 fully saturated rings. The van der Waals surface area contributed by atoms with E-state index in [1.807, 2.05) is 26.8 Å². The number of aromatic amines is 1. The maximum absolute atomic E-state index is 3.67. The molecule has 0 aliphatic carbocycles. The van der Waals surface area contributed by atoms with Crippen molar-refractivity contribution in [1.82, 2.24) is 20.6 Å². The first kappa shape index (κ1) is 8.81. The number of nitrogens with one attached hydrogen (secondary N) is 1. The third kappa shape index (κ3) is 2.96. The molecule has 0 aliphatic heterocycles. The summed E-state index contributed by atoms with van der Waals surface area (Å²) in [6, 6.07) is 0. The number of tetrazole rings is 1. The van der Waals surface area contributed by atoms with Crippen molar-refractivity contribution in [3.05, 3.63) is 11.9 Å². The summed E-state index contributed by atoms with van der Waals surface area (Å²) in [5.41, 5.74) is 0. The maximum atomic E-state index is 3.67. The van der Waals surface area contributed by atoms with Gasteiger partial charge in [-0.3, -0.25) is 0 Å². The summed E-state index contributed by atoms with van der Waals surface area (Å²) >= 11 is 0. The zero-order valence-electron chi connectivity index (χ0n) is 6.50. The number of rotatable bonds is 1. The highest BCUT2D eigenvalue weighted by molar-refractivity contribution is 5.36. The summed E-state index contributed by atoms with van der Waals surface area (Å²) in [4.78, 5) is 0. The number of aromatic nitrogens is 4. The molecule has 0 amide bonds.